The summed E-state index contributed by atoms with van der Waals surface area (Å²) in [5.41, 5.74) is 2.95. The third-order valence-corrected chi connectivity index (χ3v) is 8.01. The summed E-state index contributed by atoms with van der Waals surface area (Å²) in [6.45, 7) is 3.57. The second-order valence-corrected chi connectivity index (χ2v) is 10.5. The average Bonchev–Trinajstić information content (AvgIpc) is 2.76. The number of hydrogen-bond donors (Lipinski definition) is 2. The Labute approximate surface area is 191 Å². The second kappa shape index (κ2) is 8.96. The maximum Gasteiger partial charge on any atom is 0.261 e. The van der Waals surface area contributed by atoms with E-state index in [2.05, 4.69) is 10.0 Å². The van der Waals surface area contributed by atoms with Crippen molar-refractivity contribution in [3.8, 4) is 0 Å². The number of hydrogen-bond acceptors (Lipinski definition) is 4. The van der Waals surface area contributed by atoms with Crippen LogP contribution >= 0.6 is 11.8 Å². The first-order valence-electron chi connectivity index (χ1n) is 10.2. The summed E-state index contributed by atoms with van der Waals surface area (Å²) in [5, 5.41) is 2.96. The third kappa shape index (κ3) is 4.52. The molecule has 0 saturated carbocycles. The number of carbonyl (C=O) groups excluding carboxylic acids is 1. The Bertz CT molecular complexity index is 1290. The van der Waals surface area contributed by atoms with Gasteiger partial charge < -0.3 is 5.32 Å². The van der Waals surface area contributed by atoms with Crippen LogP contribution in [0.4, 0.5) is 10.1 Å². The highest BCUT2D eigenvalue weighted by atomic mass is 32.2. The van der Waals surface area contributed by atoms with Gasteiger partial charge in [-0.25, -0.2) is 12.8 Å². The first-order valence-corrected chi connectivity index (χ1v) is 12.6. The molecule has 0 radical (unpaired) electrons. The number of halogens is 1. The number of amides is 1. The third-order valence-electron chi connectivity index (χ3n) is 5.48. The Morgan fingerprint density at radius 1 is 1.03 bits per heavy atom. The molecule has 1 amide bonds. The number of nitrogens with one attached hydrogen (secondary N) is 2. The molecule has 0 spiro atoms. The highest BCUT2D eigenvalue weighted by Gasteiger charge is 2.26. The van der Waals surface area contributed by atoms with E-state index in [-0.39, 0.29) is 28.2 Å². The molecule has 0 aromatic heterocycles. The van der Waals surface area contributed by atoms with Crippen molar-refractivity contribution in [3.05, 3.63) is 88.7 Å². The van der Waals surface area contributed by atoms with E-state index in [1.54, 1.807) is 31.2 Å². The fourth-order valence-electron chi connectivity index (χ4n) is 3.68. The maximum absolute atomic E-state index is 14.2. The fourth-order valence-corrected chi connectivity index (χ4v) is 5.97. The summed E-state index contributed by atoms with van der Waals surface area (Å²) in [4.78, 5) is 13.7. The lowest BCUT2D eigenvalue weighted by molar-refractivity contribution is 0.0934. The van der Waals surface area contributed by atoms with Crippen molar-refractivity contribution in [1.82, 2.24) is 5.32 Å². The van der Waals surface area contributed by atoms with Crippen molar-refractivity contribution >= 4 is 33.4 Å². The maximum atomic E-state index is 14.2. The van der Waals surface area contributed by atoms with Gasteiger partial charge in [-0.2, -0.15) is 0 Å². The average molecular weight is 471 g/mol. The van der Waals surface area contributed by atoms with Crippen LogP contribution in [0.2, 0.25) is 0 Å². The molecule has 0 aliphatic carbocycles. The van der Waals surface area contributed by atoms with E-state index in [0.29, 0.717) is 28.3 Å². The van der Waals surface area contributed by atoms with E-state index in [1.807, 2.05) is 25.1 Å². The zero-order valence-electron chi connectivity index (χ0n) is 17.7. The molecule has 3 aromatic rings. The Morgan fingerprint density at radius 2 is 1.81 bits per heavy atom. The molecular weight excluding hydrogens is 447 g/mol. The van der Waals surface area contributed by atoms with E-state index in [9.17, 15) is 17.6 Å². The van der Waals surface area contributed by atoms with Crippen molar-refractivity contribution in [2.45, 2.75) is 36.1 Å². The molecule has 1 aliphatic rings. The minimum atomic E-state index is -3.88. The lowest BCUT2D eigenvalue weighted by Crippen LogP contribution is -2.31. The Morgan fingerprint density at radius 3 is 2.59 bits per heavy atom. The zero-order chi connectivity index (χ0) is 22.9. The number of para-hydroxylation sites is 1. The van der Waals surface area contributed by atoms with Gasteiger partial charge in [0.05, 0.1) is 16.6 Å². The number of rotatable bonds is 5. The number of benzene rings is 3. The number of carbonyl (C=O) groups is 1. The second-order valence-electron chi connectivity index (χ2n) is 7.72. The van der Waals surface area contributed by atoms with Gasteiger partial charge >= 0.3 is 0 Å². The SMILES string of the molecule is Cc1ccccc1NS(=O)(=O)c1ccc(C)c(C(=O)NC2CCSc3c(F)cccc32)c1. The quantitative estimate of drug-likeness (QED) is 0.537. The lowest BCUT2D eigenvalue weighted by Gasteiger charge is -2.26. The van der Waals surface area contributed by atoms with Crippen molar-refractivity contribution < 1.29 is 17.6 Å². The molecular formula is C24H23FN2O3S2. The minimum absolute atomic E-state index is 0.00199. The lowest BCUT2D eigenvalue weighted by atomic mass is 10.0. The first kappa shape index (κ1) is 22.4. The van der Waals surface area contributed by atoms with Crippen LogP contribution in [-0.2, 0) is 10.0 Å². The van der Waals surface area contributed by atoms with Crippen LogP contribution in [0.25, 0.3) is 0 Å². The Hall–Kier alpha value is -2.84. The number of thioether (sulfide) groups is 1. The van der Waals surface area contributed by atoms with Gasteiger partial charge in [0, 0.05) is 16.2 Å². The number of anilines is 1. The van der Waals surface area contributed by atoms with Crippen molar-refractivity contribution in [2.75, 3.05) is 10.5 Å². The Kier molecular flexibility index (Phi) is 6.26. The van der Waals surface area contributed by atoms with Crippen molar-refractivity contribution in [2.24, 2.45) is 0 Å². The summed E-state index contributed by atoms with van der Waals surface area (Å²) in [6.07, 6.45) is 0.665. The standard InChI is InChI=1S/C24H23FN2O3S2/c1-15-10-11-17(32(29,30)27-21-9-4-3-6-16(21)2)14-19(15)24(28)26-22-12-13-31-23-18(22)7-5-8-20(23)25/h3-11,14,22,27H,12-13H2,1-2H3,(H,26,28). The van der Waals surface area contributed by atoms with Gasteiger partial charge in [0.15, 0.2) is 0 Å². The summed E-state index contributed by atoms with van der Waals surface area (Å²) in [6, 6.07) is 16.1. The molecule has 3 aromatic carbocycles. The van der Waals surface area contributed by atoms with Gasteiger partial charge in [-0.3, -0.25) is 9.52 Å². The Balaban J connectivity index is 1.60. The van der Waals surface area contributed by atoms with Crippen LogP contribution in [0.15, 0.2) is 70.5 Å². The van der Waals surface area contributed by atoms with Gasteiger partial charge in [-0.1, -0.05) is 36.4 Å². The number of fused-ring (bicyclic) bond motifs is 1. The summed E-state index contributed by atoms with van der Waals surface area (Å²) >= 11 is 1.44. The molecule has 1 atom stereocenters. The topological polar surface area (TPSA) is 75.3 Å². The van der Waals surface area contributed by atoms with Gasteiger partial charge in [-0.05, 0) is 61.2 Å². The number of sulfonamides is 1. The molecule has 1 aliphatic heterocycles. The zero-order valence-corrected chi connectivity index (χ0v) is 19.3. The van der Waals surface area contributed by atoms with Crippen LogP contribution in [0, 0.1) is 19.7 Å². The van der Waals surface area contributed by atoms with Crippen LogP contribution < -0.4 is 10.0 Å². The highest BCUT2D eigenvalue weighted by Crippen LogP contribution is 2.38. The van der Waals surface area contributed by atoms with Crippen molar-refractivity contribution in [3.63, 3.8) is 0 Å². The summed E-state index contributed by atoms with van der Waals surface area (Å²) < 4.78 is 42.6. The normalized spacial score (nSPS) is 15.7. The van der Waals surface area contributed by atoms with Crippen molar-refractivity contribution in [1.29, 1.82) is 0 Å². The van der Waals surface area contributed by atoms with E-state index in [4.69, 9.17) is 0 Å². The number of aryl methyl sites for hydroxylation is 2. The van der Waals surface area contributed by atoms with Gasteiger partial charge in [0.1, 0.15) is 5.82 Å². The van der Waals surface area contributed by atoms with Crippen LogP contribution in [-0.4, -0.2) is 20.1 Å². The molecule has 4 rings (SSSR count). The van der Waals surface area contributed by atoms with Gasteiger partial charge in [0.25, 0.3) is 15.9 Å². The van der Waals surface area contributed by atoms with Crippen LogP contribution in [0.5, 0.6) is 0 Å². The molecule has 0 saturated heterocycles. The minimum Gasteiger partial charge on any atom is -0.345 e. The first-order chi connectivity index (χ1) is 15.3. The molecule has 1 unspecified atom stereocenters. The molecule has 166 valence electrons. The summed E-state index contributed by atoms with van der Waals surface area (Å²) in [7, 11) is -3.88. The van der Waals surface area contributed by atoms with Crippen LogP contribution in [0.1, 0.15) is 39.5 Å². The largest absolute Gasteiger partial charge is 0.345 e. The molecule has 8 heteroatoms. The van der Waals surface area contributed by atoms with Gasteiger partial charge in [0.2, 0.25) is 0 Å². The predicted octanol–water partition coefficient (Wildman–Crippen LogP) is 5.21. The molecule has 0 fully saturated rings. The van der Waals surface area contributed by atoms with E-state index in [1.165, 1.54) is 30.0 Å². The summed E-state index contributed by atoms with van der Waals surface area (Å²) in [5.74, 6) is 0.00709. The van der Waals surface area contributed by atoms with E-state index >= 15 is 0 Å². The van der Waals surface area contributed by atoms with E-state index in [0.717, 1.165) is 11.1 Å². The van der Waals surface area contributed by atoms with E-state index < -0.39 is 10.0 Å². The predicted molar refractivity (Wildman–Crippen MR) is 125 cm³/mol. The molecule has 2 N–H and O–H groups in total. The monoisotopic (exact) mass is 470 g/mol. The fraction of sp³-hybridized carbons (Fsp3) is 0.208. The molecule has 1 heterocycles. The smallest absolute Gasteiger partial charge is 0.261 e. The highest BCUT2D eigenvalue weighted by molar-refractivity contribution is 7.99. The van der Waals surface area contributed by atoms with Gasteiger partial charge in [-0.15, -0.1) is 11.8 Å². The molecule has 5 nitrogen and oxygen atoms in total. The van der Waals surface area contributed by atoms with Crippen LogP contribution in [0.3, 0.4) is 0 Å². The molecule has 0 bridgehead atoms. The molecule has 32 heavy (non-hydrogen) atoms.